The predicted molar refractivity (Wildman–Crippen MR) is 46.1 cm³/mol. The standard InChI is InChI=1S/C6H14O6S/c7-1-2(8)3(9)4(10)5(11)6(12)13/h2-13H,1H2/t2-,3+,4+,5-,6?/m1/s1. The molecule has 5 atom stereocenters. The quantitative estimate of drug-likeness (QED) is 0.190. The lowest BCUT2D eigenvalue weighted by atomic mass is 10.0. The van der Waals surface area contributed by atoms with E-state index in [1.807, 2.05) is 0 Å². The van der Waals surface area contributed by atoms with Gasteiger partial charge in [0.1, 0.15) is 29.9 Å². The number of hydrogen-bond acceptors (Lipinski definition) is 7. The molecule has 0 aromatic carbocycles. The van der Waals surface area contributed by atoms with Crippen molar-refractivity contribution in [3.63, 3.8) is 0 Å². The molecule has 0 saturated heterocycles. The maximum Gasteiger partial charge on any atom is 0.125 e. The van der Waals surface area contributed by atoms with Crippen molar-refractivity contribution < 1.29 is 30.6 Å². The van der Waals surface area contributed by atoms with Gasteiger partial charge in [0.25, 0.3) is 0 Å². The molecule has 0 aliphatic rings. The van der Waals surface area contributed by atoms with E-state index in [-0.39, 0.29) is 0 Å². The summed E-state index contributed by atoms with van der Waals surface area (Å²) in [7, 11) is 0. The SMILES string of the molecule is OC[C@@H](O)[C@H](O)[C@H](O)[C@@H](O)C(O)S. The van der Waals surface area contributed by atoms with Gasteiger partial charge in [0.2, 0.25) is 0 Å². The van der Waals surface area contributed by atoms with Crippen molar-refractivity contribution in [3.8, 4) is 0 Å². The fourth-order valence-electron chi connectivity index (χ4n) is 0.714. The molecule has 7 heteroatoms. The fraction of sp³-hybridized carbons (Fsp3) is 1.00. The van der Waals surface area contributed by atoms with Crippen LogP contribution in [0.1, 0.15) is 0 Å². The second kappa shape index (κ2) is 5.76. The van der Waals surface area contributed by atoms with E-state index in [0.29, 0.717) is 0 Å². The Balaban J connectivity index is 4.15. The van der Waals surface area contributed by atoms with Crippen LogP contribution >= 0.6 is 12.6 Å². The first-order valence-corrected chi connectivity index (χ1v) is 4.12. The summed E-state index contributed by atoms with van der Waals surface area (Å²) in [5.74, 6) is 0. The van der Waals surface area contributed by atoms with Crippen molar-refractivity contribution in [1.82, 2.24) is 0 Å². The van der Waals surface area contributed by atoms with Gasteiger partial charge < -0.3 is 30.6 Å². The number of rotatable bonds is 5. The lowest BCUT2D eigenvalue weighted by Crippen LogP contribution is -2.48. The van der Waals surface area contributed by atoms with Crippen LogP contribution in [0, 0.1) is 0 Å². The lowest BCUT2D eigenvalue weighted by molar-refractivity contribution is -0.127. The van der Waals surface area contributed by atoms with E-state index in [0.717, 1.165) is 0 Å². The van der Waals surface area contributed by atoms with E-state index in [4.69, 9.17) is 30.6 Å². The van der Waals surface area contributed by atoms with E-state index in [2.05, 4.69) is 12.6 Å². The Morgan fingerprint density at radius 3 is 1.62 bits per heavy atom. The Morgan fingerprint density at radius 1 is 0.846 bits per heavy atom. The van der Waals surface area contributed by atoms with Crippen LogP contribution in [0.15, 0.2) is 0 Å². The highest BCUT2D eigenvalue weighted by molar-refractivity contribution is 7.80. The minimum atomic E-state index is -1.77. The summed E-state index contributed by atoms with van der Waals surface area (Å²) in [6.45, 7) is -0.756. The van der Waals surface area contributed by atoms with E-state index < -0.39 is 36.5 Å². The number of hydrogen-bond donors (Lipinski definition) is 7. The third kappa shape index (κ3) is 3.77. The summed E-state index contributed by atoms with van der Waals surface area (Å²) in [5.41, 5.74) is -1.53. The number of aliphatic hydroxyl groups excluding tert-OH is 6. The highest BCUT2D eigenvalue weighted by Crippen LogP contribution is 2.09. The van der Waals surface area contributed by atoms with Gasteiger partial charge in [-0.3, -0.25) is 0 Å². The lowest BCUT2D eigenvalue weighted by Gasteiger charge is -2.26. The summed E-state index contributed by atoms with van der Waals surface area (Å²) in [6, 6.07) is 0. The molecule has 0 aromatic rings. The van der Waals surface area contributed by atoms with Gasteiger partial charge in [-0.25, -0.2) is 0 Å². The van der Waals surface area contributed by atoms with Crippen LogP contribution in [0.5, 0.6) is 0 Å². The molecule has 0 aliphatic heterocycles. The molecule has 6 nitrogen and oxygen atoms in total. The molecule has 0 radical (unpaired) electrons. The van der Waals surface area contributed by atoms with E-state index in [9.17, 15) is 0 Å². The van der Waals surface area contributed by atoms with Gasteiger partial charge in [-0.2, -0.15) is 0 Å². The topological polar surface area (TPSA) is 121 Å². The van der Waals surface area contributed by atoms with Crippen molar-refractivity contribution in [2.45, 2.75) is 29.9 Å². The summed E-state index contributed by atoms with van der Waals surface area (Å²) in [4.78, 5) is 0. The zero-order chi connectivity index (χ0) is 10.6. The molecule has 6 N–H and O–H groups in total. The van der Waals surface area contributed by atoms with Crippen molar-refractivity contribution in [1.29, 1.82) is 0 Å². The third-order valence-electron chi connectivity index (χ3n) is 1.59. The zero-order valence-electron chi connectivity index (χ0n) is 6.72. The van der Waals surface area contributed by atoms with Crippen LogP contribution in [-0.4, -0.2) is 67.1 Å². The molecule has 0 saturated carbocycles. The smallest absolute Gasteiger partial charge is 0.125 e. The van der Waals surface area contributed by atoms with Crippen LogP contribution in [0.25, 0.3) is 0 Å². The van der Waals surface area contributed by atoms with Crippen LogP contribution in [-0.2, 0) is 0 Å². The molecule has 1 unspecified atom stereocenters. The largest absolute Gasteiger partial charge is 0.394 e. The molecule has 80 valence electrons. The zero-order valence-corrected chi connectivity index (χ0v) is 7.62. The van der Waals surface area contributed by atoms with Crippen LogP contribution < -0.4 is 0 Å². The molecule has 0 bridgehead atoms. The molecule has 0 amide bonds. The molecule has 0 heterocycles. The summed E-state index contributed by atoms with van der Waals surface area (Å²) in [5, 5.41) is 53.0. The van der Waals surface area contributed by atoms with Gasteiger partial charge in [-0.15, -0.1) is 12.6 Å². The minimum absolute atomic E-state index is 0.756. The first-order valence-electron chi connectivity index (χ1n) is 3.61. The second-order valence-corrected chi connectivity index (χ2v) is 3.16. The van der Waals surface area contributed by atoms with Gasteiger partial charge in [-0.1, -0.05) is 0 Å². The minimum Gasteiger partial charge on any atom is -0.394 e. The second-order valence-electron chi connectivity index (χ2n) is 2.64. The third-order valence-corrected chi connectivity index (χ3v) is 1.89. The van der Waals surface area contributed by atoms with Crippen molar-refractivity contribution in [3.05, 3.63) is 0 Å². The van der Waals surface area contributed by atoms with Crippen LogP contribution in [0.2, 0.25) is 0 Å². The number of thiol groups is 1. The summed E-state index contributed by atoms with van der Waals surface area (Å²) >= 11 is 3.41. The molecule has 0 aliphatic carbocycles. The molecular formula is C6H14O6S. The van der Waals surface area contributed by atoms with E-state index in [1.54, 1.807) is 0 Å². The maximum absolute atomic E-state index is 9.08. The average Bonchev–Trinajstić information content (AvgIpc) is 2.12. The Labute approximate surface area is 80.5 Å². The monoisotopic (exact) mass is 214 g/mol. The van der Waals surface area contributed by atoms with Gasteiger partial charge in [0.15, 0.2) is 0 Å². The molecule has 0 aromatic heterocycles. The summed E-state index contributed by atoms with van der Waals surface area (Å²) < 4.78 is 0. The van der Waals surface area contributed by atoms with Crippen LogP contribution in [0.4, 0.5) is 0 Å². The van der Waals surface area contributed by atoms with E-state index >= 15 is 0 Å². The Bertz CT molecular complexity index is 143. The highest BCUT2D eigenvalue weighted by atomic mass is 32.1. The van der Waals surface area contributed by atoms with Crippen molar-refractivity contribution in [2.24, 2.45) is 0 Å². The fourth-order valence-corrected chi connectivity index (χ4v) is 0.890. The molecule has 0 spiro atoms. The molecule has 13 heavy (non-hydrogen) atoms. The molecule has 0 rings (SSSR count). The van der Waals surface area contributed by atoms with Gasteiger partial charge >= 0.3 is 0 Å². The molecule has 0 fully saturated rings. The van der Waals surface area contributed by atoms with Crippen molar-refractivity contribution in [2.75, 3.05) is 6.61 Å². The normalized spacial score (nSPS) is 23.3. The van der Waals surface area contributed by atoms with Gasteiger partial charge in [0.05, 0.1) is 6.61 Å². The first-order chi connectivity index (χ1) is 5.91. The molecular weight excluding hydrogens is 200 g/mol. The Morgan fingerprint density at radius 2 is 1.31 bits per heavy atom. The summed E-state index contributed by atoms with van der Waals surface area (Å²) in [6.07, 6.45) is -6.77. The van der Waals surface area contributed by atoms with Gasteiger partial charge in [-0.05, 0) is 0 Å². The van der Waals surface area contributed by atoms with Crippen molar-refractivity contribution >= 4 is 12.6 Å². The maximum atomic E-state index is 9.08. The van der Waals surface area contributed by atoms with Crippen LogP contribution in [0.3, 0.4) is 0 Å². The Kier molecular flexibility index (Phi) is 5.81. The van der Waals surface area contributed by atoms with Gasteiger partial charge in [0, 0.05) is 0 Å². The predicted octanol–water partition coefficient (Wildman–Crippen LogP) is -3.33. The highest BCUT2D eigenvalue weighted by Gasteiger charge is 2.32. The number of aliphatic hydroxyl groups is 6. The first kappa shape index (κ1) is 13.1. The Hall–Kier alpha value is 0.110. The average molecular weight is 214 g/mol. The van der Waals surface area contributed by atoms with E-state index in [1.165, 1.54) is 0 Å².